The van der Waals surface area contributed by atoms with Gasteiger partial charge in [-0.05, 0) is 17.0 Å². The average molecular weight is 164 g/mol. The topological polar surface area (TPSA) is 70.0 Å². The van der Waals surface area contributed by atoms with Gasteiger partial charge in [0.25, 0.3) is 5.52 Å². The Morgan fingerprint density at radius 3 is 3.17 bits per heavy atom. The Bertz CT molecular complexity index is 435. The van der Waals surface area contributed by atoms with Crippen LogP contribution in [0.15, 0.2) is 22.8 Å². The van der Waals surface area contributed by atoms with Crippen molar-refractivity contribution in [2.75, 3.05) is 0 Å². The Balaban J connectivity index is 2.89. The molecule has 1 aromatic carbocycles. The minimum Gasteiger partial charge on any atom is -0.359 e. The minimum atomic E-state index is 0.264. The third-order valence-corrected chi connectivity index (χ3v) is 1.58. The third-order valence-electron chi connectivity index (χ3n) is 1.58. The lowest BCUT2D eigenvalue weighted by atomic mass is 10.2. The highest BCUT2D eigenvalue weighted by Crippen LogP contribution is 2.10. The van der Waals surface area contributed by atoms with E-state index in [4.69, 9.17) is 0 Å². The fourth-order valence-electron chi connectivity index (χ4n) is 1.01. The molecule has 0 aliphatic rings. The second kappa shape index (κ2) is 2.30. The van der Waals surface area contributed by atoms with Crippen LogP contribution in [0, 0.1) is 5.21 Å². The van der Waals surface area contributed by atoms with Gasteiger partial charge in [-0.15, -0.1) is 0 Å². The van der Waals surface area contributed by atoms with E-state index in [0.29, 0.717) is 17.4 Å². The van der Waals surface area contributed by atoms with E-state index in [1.165, 1.54) is 6.07 Å². The van der Waals surface area contributed by atoms with Crippen LogP contribution >= 0.6 is 0 Å². The number of hydrogen-bond acceptors (Lipinski definition) is 4. The molecule has 0 fully saturated rings. The first kappa shape index (κ1) is 6.78. The quantitative estimate of drug-likeness (QED) is 0.448. The van der Waals surface area contributed by atoms with Gasteiger partial charge in [-0.3, -0.25) is 9.42 Å². The Hall–Kier alpha value is -1.91. The number of nitrogens with zero attached hydrogens (tertiary/aromatic N) is 2. The summed E-state index contributed by atoms with van der Waals surface area (Å²) in [6, 6.07) is 4.70. The van der Waals surface area contributed by atoms with Crippen LogP contribution in [0.5, 0.6) is 0 Å². The molecule has 2 rings (SSSR count). The van der Waals surface area contributed by atoms with Crippen molar-refractivity contribution in [3.8, 4) is 0 Å². The molecule has 0 unspecified atom stereocenters. The Morgan fingerprint density at radius 1 is 1.58 bits per heavy atom. The molecule has 5 nitrogen and oxygen atoms in total. The molecule has 0 radical (unpaired) electrons. The van der Waals surface area contributed by atoms with Gasteiger partial charge in [0.1, 0.15) is 0 Å². The number of aldehydes is 1. The Morgan fingerprint density at radius 2 is 2.42 bits per heavy atom. The summed E-state index contributed by atoms with van der Waals surface area (Å²) in [7, 11) is 0. The SMILES string of the molecule is O=Cc1cccc2c1no[n+]2[O-]. The molecule has 1 aromatic heterocycles. The molecule has 0 spiro atoms. The number of aromatic nitrogens is 2. The largest absolute Gasteiger partial charge is 0.359 e. The number of rotatable bonds is 1. The molecule has 5 heteroatoms. The van der Waals surface area contributed by atoms with Crippen molar-refractivity contribution < 1.29 is 14.3 Å². The Kier molecular flexibility index (Phi) is 1.30. The predicted octanol–water partition coefficient (Wildman–Crippen LogP) is 0.274. The molecular formula is C7H4N2O3. The van der Waals surface area contributed by atoms with Crippen LogP contribution in [0.3, 0.4) is 0 Å². The zero-order valence-corrected chi connectivity index (χ0v) is 5.93. The summed E-state index contributed by atoms with van der Waals surface area (Å²) in [5, 5.41) is 14.3. The van der Waals surface area contributed by atoms with Crippen LogP contribution in [0.4, 0.5) is 0 Å². The summed E-state index contributed by atoms with van der Waals surface area (Å²) in [5.74, 6) is 0. The molecule has 0 aliphatic carbocycles. The summed E-state index contributed by atoms with van der Waals surface area (Å²) in [6.07, 6.45) is 0.630. The second-order valence-electron chi connectivity index (χ2n) is 2.26. The fraction of sp³-hybridized carbons (Fsp3) is 0. The van der Waals surface area contributed by atoms with Gasteiger partial charge in [-0.25, -0.2) is 0 Å². The molecule has 1 heterocycles. The number of carbonyl (C=O) groups excluding carboxylic acids is 1. The maximum absolute atomic E-state index is 10.8. The van der Waals surface area contributed by atoms with Crippen LogP contribution in [0.25, 0.3) is 11.0 Å². The fourth-order valence-corrected chi connectivity index (χ4v) is 1.01. The van der Waals surface area contributed by atoms with Crippen molar-refractivity contribution in [3.05, 3.63) is 29.0 Å². The van der Waals surface area contributed by atoms with Crippen molar-refractivity contribution >= 4 is 17.3 Å². The number of benzene rings is 1. The molecule has 60 valence electrons. The van der Waals surface area contributed by atoms with E-state index >= 15 is 0 Å². The highest BCUT2D eigenvalue weighted by atomic mass is 16.8. The van der Waals surface area contributed by atoms with Crippen molar-refractivity contribution in [1.29, 1.82) is 0 Å². The third kappa shape index (κ3) is 0.763. The first-order valence-corrected chi connectivity index (χ1v) is 3.26. The summed E-state index contributed by atoms with van der Waals surface area (Å²) in [6.45, 7) is 0. The van der Waals surface area contributed by atoms with Gasteiger partial charge in [0.05, 0.1) is 5.56 Å². The molecule has 12 heavy (non-hydrogen) atoms. The zero-order chi connectivity index (χ0) is 8.55. The van der Waals surface area contributed by atoms with Crippen LogP contribution in [0.2, 0.25) is 0 Å². The second-order valence-corrected chi connectivity index (χ2v) is 2.26. The van der Waals surface area contributed by atoms with Crippen molar-refractivity contribution in [1.82, 2.24) is 5.16 Å². The molecule has 0 saturated carbocycles. The number of carbonyl (C=O) groups is 1. The van der Waals surface area contributed by atoms with Gasteiger partial charge in [-0.2, -0.15) is 0 Å². The Labute approximate surface area is 66.7 Å². The van der Waals surface area contributed by atoms with Crippen LogP contribution < -0.4 is 4.90 Å². The molecule has 0 saturated heterocycles. The monoisotopic (exact) mass is 164 g/mol. The normalized spacial score (nSPS) is 10.3. The maximum Gasteiger partial charge on any atom is 0.259 e. The molecule has 0 atom stereocenters. The van der Waals surface area contributed by atoms with Crippen molar-refractivity contribution in [3.63, 3.8) is 0 Å². The first-order chi connectivity index (χ1) is 5.83. The molecule has 0 N–H and O–H groups in total. The van der Waals surface area contributed by atoms with Crippen LogP contribution in [-0.2, 0) is 0 Å². The van der Waals surface area contributed by atoms with Crippen molar-refractivity contribution in [2.24, 2.45) is 0 Å². The van der Waals surface area contributed by atoms with E-state index in [1.54, 1.807) is 12.1 Å². The first-order valence-electron chi connectivity index (χ1n) is 3.26. The van der Waals surface area contributed by atoms with Gasteiger partial charge >= 0.3 is 0 Å². The van der Waals surface area contributed by atoms with Gasteiger partial charge < -0.3 is 5.21 Å². The lowest BCUT2D eigenvalue weighted by molar-refractivity contribution is -0.782. The van der Waals surface area contributed by atoms with Crippen LogP contribution in [0.1, 0.15) is 10.4 Å². The van der Waals surface area contributed by atoms with E-state index in [2.05, 4.69) is 9.79 Å². The highest BCUT2D eigenvalue weighted by Gasteiger charge is 2.12. The van der Waals surface area contributed by atoms with Crippen molar-refractivity contribution in [2.45, 2.75) is 0 Å². The lowest BCUT2D eigenvalue weighted by Crippen LogP contribution is -2.22. The smallest absolute Gasteiger partial charge is 0.259 e. The lowest BCUT2D eigenvalue weighted by Gasteiger charge is -1.86. The number of fused-ring (bicyclic) bond motifs is 1. The molecule has 0 aliphatic heterocycles. The average Bonchev–Trinajstić information content (AvgIpc) is 2.48. The number of hydrogen-bond donors (Lipinski definition) is 0. The molecule has 2 aromatic rings. The molecule has 0 amide bonds. The predicted molar refractivity (Wildman–Crippen MR) is 38.4 cm³/mol. The van der Waals surface area contributed by atoms with Crippen LogP contribution in [-0.4, -0.2) is 11.4 Å². The standard InChI is InChI=1S/C7H4N2O3/c10-4-5-2-1-3-6-7(5)8-12-9(6)11/h1-4H. The van der Waals surface area contributed by atoms with E-state index < -0.39 is 0 Å². The van der Waals surface area contributed by atoms with E-state index in [0.717, 1.165) is 0 Å². The summed E-state index contributed by atoms with van der Waals surface area (Å²) < 4.78 is 4.31. The summed E-state index contributed by atoms with van der Waals surface area (Å²) >= 11 is 0. The van der Waals surface area contributed by atoms with E-state index in [9.17, 15) is 10.0 Å². The van der Waals surface area contributed by atoms with E-state index in [-0.39, 0.29) is 10.4 Å². The summed E-state index contributed by atoms with van der Waals surface area (Å²) in [5.41, 5.74) is 0.910. The van der Waals surface area contributed by atoms with Gasteiger partial charge in [-0.1, -0.05) is 6.07 Å². The molecule has 0 bridgehead atoms. The minimum absolute atomic E-state index is 0.264. The van der Waals surface area contributed by atoms with E-state index in [1.807, 2.05) is 0 Å². The summed E-state index contributed by atoms with van der Waals surface area (Å²) in [4.78, 5) is 10.7. The zero-order valence-electron chi connectivity index (χ0n) is 5.93. The molecular weight excluding hydrogens is 160 g/mol. The maximum atomic E-state index is 10.8. The van der Waals surface area contributed by atoms with Gasteiger partial charge in [0, 0.05) is 5.16 Å². The van der Waals surface area contributed by atoms with Gasteiger partial charge in [0.2, 0.25) is 5.52 Å². The van der Waals surface area contributed by atoms with Gasteiger partial charge in [0.15, 0.2) is 6.29 Å². The highest BCUT2D eigenvalue weighted by molar-refractivity contribution is 5.92.